The minimum Gasteiger partial charge on any atom is -0.493 e. The fraction of sp³-hybridized carbons (Fsp3) is 0.211. The van der Waals surface area contributed by atoms with Gasteiger partial charge in [0.15, 0.2) is 11.5 Å². The van der Waals surface area contributed by atoms with E-state index in [2.05, 4.69) is 15.4 Å². The third kappa shape index (κ3) is 4.38. The molecule has 3 rings (SSSR count). The van der Waals surface area contributed by atoms with Gasteiger partial charge in [-0.25, -0.2) is 9.67 Å². The average molecular weight is 387 g/mol. The molecular formula is C19H19ClN4O3. The molecule has 0 saturated heterocycles. The molecular weight excluding hydrogens is 368 g/mol. The number of hydrogen-bond donors (Lipinski definition) is 1. The summed E-state index contributed by atoms with van der Waals surface area (Å²) in [4.78, 5) is 16.5. The summed E-state index contributed by atoms with van der Waals surface area (Å²) < 4.78 is 12.6. The predicted molar refractivity (Wildman–Crippen MR) is 103 cm³/mol. The molecule has 1 heterocycles. The molecule has 0 saturated carbocycles. The van der Waals surface area contributed by atoms with Crippen LogP contribution in [-0.4, -0.2) is 34.4 Å². The fourth-order valence-electron chi connectivity index (χ4n) is 2.44. The van der Waals surface area contributed by atoms with Crippen molar-refractivity contribution >= 4 is 23.2 Å². The van der Waals surface area contributed by atoms with Gasteiger partial charge in [0.2, 0.25) is 0 Å². The molecule has 0 unspecified atom stereocenters. The monoisotopic (exact) mass is 386 g/mol. The Morgan fingerprint density at radius 2 is 2.04 bits per heavy atom. The number of nitrogens with one attached hydrogen (secondary N) is 1. The molecule has 140 valence electrons. The number of rotatable bonds is 7. The van der Waals surface area contributed by atoms with Gasteiger partial charge in [-0.05, 0) is 42.8 Å². The van der Waals surface area contributed by atoms with Crippen molar-refractivity contribution in [2.45, 2.75) is 13.3 Å². The molecule has 1 aromatic heterocycles. The Labute approximate surface area is 161 Å². The van der Waals surface area contributed by atoms with Gasteiger partial charge in [0, 0.05) is 11.3 Å². The first-order valence-corrected chi connectivity index (χ1v) is 8.77. The lowest BCUT2D eigenvalue weighted by atomic mass is 10.1. The third-order valence-electron chi connectivity index (χ3n) is 3.75. The van der Waals surface area contributed by atoms with Gasteiger partial charge in [0.05, 0.1) is 24.4 Å². The molecule has 3 aromatic rings. The SMILES string of the molecule is CCCOc1c(Cl)cc(C(=O)Nc2ccc(-n3cncn3)cc2)cc1OC. The molecule has 0 radical (unpaired) electrons. The van der Waals surface area contributed by atoms with Gasteiger partial charge in [-0.2, -0.15) is 5.10 Å². The van der Waals surface area contributed by atoms with Gasteiger partial charge in [-0.3, -0.25) is 4.79 Å². The van der Waals surface area contributed by atoms with E-state index in [1.807, 2.05) is 19.1 Å². The Hall–Kier alpha value is -3.06. The van der Waals surface area contributed by atoms with Gasteiger partial charge in [0.25, 0.3) is 5.91 Å². The second-order valence-electron chi connectivity index (χ2n) is 5.68. The van der Waals surface area contributed by atoms with Gasteiger partial charge in [-0.1, -0.05) is 18.5 Å². The maximum absolute atomic E-state index is 12.6. The van der Waals surface area contributed by atoms with E-state index in [1.165, 1.54) is 13.4 Å². The minimum atomic E-state index is -0.300. The maximum atomic E-state index is 12.6. The maximum Gasteiger partial charge on any atom is 0.255 e. The Bertz CT molecular complexity index is 911. The van der Waals surface area contributed by atoms with Crippen molar-refractivity contribution < 1.29 is 14.3 Å². The van der Waals surface area contributed by atoms with Crippen molar-refractivity contribution in [3.8, 4) is 17.2 Å². The smallest absolute Gasteiger partial charge is 0.255 e. The largest absolute Gasteiger partial charge is 0.493 e. The zero-order chi connectivity index (χ0) is 19.2. The highest BCUT2D eigenvalue weighted by Gasteiger charge is 2.16. The lowest BCUT2D eigenvalue weighted by Gasteiger charge is -2.14. The summed E-state index contributed by atoms with van der Waals surface area (Å²) in [6, 6.07) is 10.4. The summed E-state index contributed by atoms with van der Waals surface area (Å²) in [5.74, 6) is 0.558. The van der Waals surface area contributed by atoms with Gasteiger partial charge in [-0.15, -0.1) is 0 Å². The molecule has 0 aliphatic rings. The van der Waals surface area contributed by atoms with Crippen LogP contribution in [-0.2, 0) is 0 Å². The first-order valence-electron chi connectivity index (χ1n) is 8.39. The second-order valence-corrected chi connectivity index (χ2v) is 6.09. The summed E-state index contributed by atoms with van der Waals surface area (Å²) in [5.41, 5.74) is 1.86. The zero-order valence-electron chi connectivity index (χ0n) is 15.0. The van der Waals surface area contributed by atoms with E-state index < -0.39 is 0 Å². The van der Waals surface area contributed by atoms with Crippen LogP contribution in [0.3, 0.4) is 0 Å². The van der Waals surface area contributed by atoms with Gasteiger partial charge >= 0.3 is 0 Å². The van der Waals surface area contributed by atoms with Crippen molar-refractivity contribution in [3.63, 3.8) is 0 Å². The van der Waals surface area contributed by atoms with E-state index in [-0.39, 0.29) is 5.91 Å². The summed E-state index contributed by atoms with van der Waals surface area (Å²) in [7, 11) is 1.51. The number of ether oxygens (including phenoxy) is 2. The van der Waals surface area contributed by atoms with Crippen LogP contribution in [0.5, 0.6) is 11.5 Å². The summed E-state index contributed by atoms with van der Waals surface area (Å²) in [6.07, 6.45) is 3.90. The number of carbonyl (C=O) groups excluding carboxylic acids is 1. The molecule has 0 fully saturated rings. The Morgan fingerprint density at radius 1 is 1.26 bits per heavy atom. The number of benzene rings is 2. The Kier molecular flexibility index (Phi) is 5.93. The van der Waals surface area contributed by atoms with E-state index in [0.717, 1.165) is 12.1 Å². The number of hydrogen-bond acceptors (Lipinski definition) is 5. The van der Waals surface area contributed by atoms with Crippen LogP contribution in [0.2, 0.25) is 5.02 Å². The summed E-state index contributed by atoms with van der Waals surface area (Å²) in [6.45, 7) is 2.51. The van der Waals surface area contributed by atoms with Crippen molar-refractivity contribution in [3.05, 3.63) is 59.6 Å². The highest BCUT2D eigenvalue weighted by atomic mass is 35.5. The number of aromatic nitrogens is 3. The lowest BCUT2D eigenvalue weighted by molar-refractivity contribution is 0.102. The fourth-order valence-corrected chi connectivity index (χ4v) is 2.70. The number of methoxy groups -OCH3 is 1. The number of anilines is 1. The van der Waals surface area contributed by atoms with Crippen LogP contribution in [0.15, 0.2) is 49.1 Å². The van der Waals surface area contributed by atoms with Crippen LogP contribution in [0.25, 0.3) is 5.69 Å². The molecule has 0 bridgehead atoms. The topological polar surface area (TPSA) is 78.3 Å². The van der Waals surface area contributed by atoms with Crippen LogP contribution in [0, 0.1) is 0 Å². The molecule has 27 heavy (non-hydrogen) atoms. The highest BCUT2D eigenvalue weighted by Crippen LogP contribution is 2.36. The van der Waals surface area contributed by atoms with Crippen molar-refractivity contribution in [1.29, 1.82) is 0 Å². The molecule has 2 aromatic carbocycles. The number of halogens is 1. The normalized spacial score (nSPS) is 10.5. The molecule has 1 N–H and O–H groups in total. The van der Waals surface area contributed by atoms with Gasteiger partial charge in [0.1, 0.15) is 12.7 Å². The molecule has 0 atom stereocenters. The number of nitrogens with zero attached hydrogens (tertiary/aromatic N) is 3. The molecule has 1 amide bonds. The molecule has 7 nitrogen and oxygen atoms in total. The molecule has 0 aliphatic carbocycles. The molecule has 0 spiro atoms. The van der Waals surface area contributed by atoms with E-state index in [0.29, 0.717) is 34.4 Å². The molecule has 8 heteroatoms. The highest BCUT2D eigenvalue weighted by molar-refractivity contribution is 6.32. The third-order valence-corrected chi connectivity index (χ3v) is 4.03. The summed E-state index contributed by atoms with van der Waals surface area (Å²) >= 11 is 6.27. The van der Waals surface area contributed by atoms with Crippen LogP contribution in [0.4, 0.5) is 5.69 Å². The van der Waals surface area contributed by atoms with Crippen LogP contribution < -0.4 is 14.8 Å². The van der Waals surface area contributed by atoms with Crippen LogP contribution >= 0.6 is 11.6 Å². The van der Waals surface area contributed by atoms with E-state index in [4.69, 9.17) is 21.1 Å². The first-order chi connectivity index (χ1) is 13.1. The first kappa shape index (κ1) is 18.7. The van der Waals surface area contributed by atoms with Crippen LogP contribution in [0.1, 0.15) is 23.7 Å². The Balaban J connectivity index is 1.76. The number of amides is 1. The van der Waals surface area contributed by atoms with E-state index in [1.54, 1.807) is 35.3 Å². The quantitative estimate of drug-likeness (QED) is 0.664. The minimum absolute atomic E-state index is 0.300. The molecule has 0 aliphatic heterocycles. The van der Waals surface area contributed by atoms with Gasteiger partial charge < -0.3 is 14.8 Å². The lowest BCUT2D eigenvalue weighted by Crippen LogP contribution is -2.12. The predicted octanol–water partition coefficient (Wildman–Crippen LogP) is 3.97. The number of carbonyl (C=O) groups is 1. The summed E-state index contributed by atoms with van der Waals surface area (Å²) in [5, 5.41) is 7.22. The average Bonchev–Trinajstić information content (AvgIpc) is 3.21. The second kappa shape index (κ2) is 8.55. The standard InChI is InChI=1S/C19H19ClN4O3/c1-3-8-27-18-16(20)9-13(10-17(18)26-2)19(25)23-14-4-6-15(7-5-14)24-12-21-11-22-24/h4-7,9-12H,3,8H2,1-2H3,(H,23,25). The Morgan fingerprint density at radius 3 is 2.67 bits per heavy atom. The van der Waals surface area contributed by atoms with E-state index >= 15 is 0 Å². The van der Waals surface area contributed by atoms with Crippen molar-refractivity contribution in [1.82, 2.24) is 14.8 Å². The zero-order valence-corrected chi connectivity index (χ0v) is 15.7. The van der Waals surface area contributed by atoms with Crippen molar-refractivity contribution in [2.75, 3.05) is 19.0 Å². The van der Waals surface area contributed by atoms with Crippen molar-refractivity contribution in [2.24, 2.45) is 0 Å². The van der Waals surface area contributed by atoms with E-state index in [9.17, 15) is 4.79 Å².